The van der Waals surface area contributed by atoms with Crippen LogP contribution in [0, 0.1) is 5.82 Å². The standard InChI is InChI=1S/C24H31ClN2O2.C18H27FN2OS/c1-18(29-22-7-5-4-6-8-22)23(28)26-21-13-15-24(16-14-21,27(2)3)17-19-9-11-20(25)12-10-19;1-21(2)18(12-14-6-4-5-7-16(14)19)10-8-15(9-11-18)20-17(22)13-23-3/h4-12,18,21H,13-17H2,1-3H3,(H,26,28);4-7,15H,8-13H2,1-3H3,(H,20,22). The average molecular weight is 753 g/mol. The lowest BCUT2D eigenvalue weighted by molar-refractivity contribution is -0.128. The molecule has 3 aromatic rings. The SMILES string of the molecule is CC(Oc1ccccc1)C(=O)NC1CCC(Cc2ccc(Cl)cc2)(N(C)C)CC1.CSCC(=O)NC1CCC(Cc2ccccc2F)(N(C)C)CC1. The summed E-state index contributed by atoms with van der Waals surface area (Å²) in [5.74, 6) is 1.19. The third-order valence-electron chi connectivity index (χ3n) is 11.1. The number of hydrogen-bond donors (Lipinski definition) is 2. The Hall–Kier alpha value is -3.11. The van der Waals surface area contributed by atoms with Crippen molar-refractivity contribution in [1.82, 2.24) is 20.4 Å². The van der Waals surface area contributed by atoms with Crippen LogP contribution in [-0.2, 0) is 22.4 Å². The van der Waals surface area contributed by atoms with Crippen LogP contribution < -0.4 is 15.4 Å². The number of hydrogen-bond acceptors (Lipinski definition) is 6. The quantitative estimate of drug-likeness (QED) is 0.186. The van der Waals surface area contributed by atoms with Crippen LogP contribution in [0.5, 0.6) is 5.75 Å². The van der Waals surface area contributed by atoms with E-state index in [1.54, 1.807) is 24.8 Å². The maximum atomic E-state index is 14.0. The Bertz CT molecular complexity index is 1540. The van der Waals surface area contributed by atoms with Crippen LogP contribution in [-0.4, -0.2) is 91.1 Å². The summed E-state index contributed by atoms with van der Waals surface area (Å²) in [5.41, 5.74) is 2.17. The highest BCUT2D eigenvalue weighted by molar-refractivity contribution is 7.99. The number of likely N-dealkylation sites (N-methyl/N-ethyl adjacent to an activating group) is 2. The zero-order chi connectivity index (χ0) is 37.7. The van der Waals surface area contributed by atoms with Gasteiger partial charge in [-0.3, -0.25) is 9.59 Å². The predicted octanol–water partition coefficient (Wildman–Crippen LogP) is 7.80. The van der Waals surface area contributed by atoms with Gasteiger partial charge in [-0.2, -0.15) is 11.8 Å². The molecule has 1 unspecified atom stereocenters. The monoisotopic (exact) mass is 752 g/mol. The fraction of sp³-hybridized carbons (Fsp3) is 0.524. The highest BCUT2D eigenvalue weighted by Crippen LogP contribution is 2.37. The molecule has 1 atom stereocenters. The first kappa shape index (κ1) is 41.6. The maximum absolute atomic E-state index is 14.0. The molecule has 0 saturated heterocycles. The second-order valence-corrected chi connectivity index (χ2v) is 16.2. The topological polar surface area (TPSA) is 73.9 Å². The van der Waals surface area contributed by atoms with E-state index in [1.807, 2.05) is 60.9 Å². The molecular formula is C42H58ClFN4O3S. The van der Waals surface area contributed by atoms with Crippen LogP contribution in [0.1, 0.15) is 69.4 Å². The Labute approximate surface area is 320 Å². The molecule has 284 valence electrons. The Balaban J connectivity index is 0.000000239. The van der Waals surface area contributed by atoms with E-state index in [0.29, 0.717) is 11.5 Å². The number of thioether (sulfide) groups is 1. The first-order chi connectivity index (χ1) is 24.8. The molecule has 3 aromatic carbocycles. The molecular weight excluding hydrogens is 695 g/mol. The van der Waals surface area contributed by atoms with Gasteiger partial charge < -0.3 is 25.2 Å². The van der Waals surface area contributed by atoms with E-state index in [9.17, 15) is 14.0 Å². The van der Waals surface area contributed by atoms with Crippen LogP contribution in [0.3, 0.4) is 0 Å². The van der Waals surface area contributed by atoms with Crippen LogP contribution in [0.4, 0.5) is 4.39 Å². The minimum Gasteiger partial charge on any atom is -0.481 e. The molecule has 0 aliphatic heterocycles. The van der Waals surface area contributed by atoms with Gasteiger partial charge >= 0.3 is 0 Å². The number of carbonyl (C=O) groups excluding carboxylic acids is 2. The fourth-order valence-corrected chi connectivity index (χ4v) is 8.09. The normalized spacial score (nSPS) is 23.7. The van der Waals surface area contributed by atoms with Crippen molar-refractivity contribution in [3.8, 4) is 5.75 Å². The van der Waals surface area contributed by atoms with E-state index in [0.717, 1.165) is 74.8 Å². The van der Waals surface area contributed by atoms with Crippen LogP contribution >= 0.6 is 23.4 Å². The third kappa shape index (κ3) is 12.0. The molecule has 0 aromatic heterocycles. The Kier molecular flexibility index (Phi) is 15.9. The molecule has 0 heterocycles. The van der Waals surface area contributed by atoms with Crippen molar-refractivity contribution in [2.24, 2.45) is 0 Å². The summed E-state index contributed by atoms with van der Waals surface area (Å²) in [4.78, 5) is 28.9. The number of nitrogens with one attached hydrogen (secondary N) is 2. The molecule has 2 aliphatic rings. The van der Waals surface area contributed by atoms with Gasteiger partial charge in [-0.1, -0.05) is 60.1 Å². The van der Waals surface area contributed by atoms with Gasteiger partial charge in [-0.05, 0) is 147 Å². The first-order valence-corrected chi connectivity index (χ1v) is 20.2. The molecule has 2 amide bonds. The minimum absolute atomic E-state index is 0.0249. The van der Waals surface area contributed by atoms with Crippen molar-refractivity contribution in [3.63, 3.8) is 0 Å². The highest BCUT2D eigenvalue weighted by Gasteiger charge is 2.39. The molecule has 52 heavy (non-hydrogen) atoms. The van der Waals surface area contributed by atoms with Gasteiger partial charge in [0.15, 0.2) is 6.10 Å². The summed E-state index contributed by atoms with van der Waals surface area (Å²) in [6.07, 6.45) is 11.0. The molecule has 0 bridgehead atoms. The van der Waals surface area contributed by atoms with Crippen molar-refractivity contribution in [2.75, 3.05) is 40.2 Å². The minimum atomic E-state index is -0.507. The molecule has 7 nitrogen and oxygen atoms in total. The van der Waals surface area contributed by atoms with E-state index in [4.69, 9.17) is 16.3 Å². The molecule has 2 aliphatic carbocycles. The predicted molar refractivity (Wildman–Crippen MR) is 214 cm³/mol. The van der Waals surface area contributed by atoms with Gasteiger partial charge in [-0.25, -0.2) is 4.39 Å². The number of ether oxygens (including phenoxy) is 1. The molecule has 10 heteroatoms. The largest absolute Gasteiger partial charge is 0.481 e. The van der Waals surface area contributed by atoms with E-state index in [2.05, 4.69) is 60.8 Å². The number of para-hydroxylation sites is 1. The van der Waals surface area contributed by atoms with E-state index >= 15 is 0 Å². The van der Waals surface area contributed by atoms with Gasteiger partial charge in [0, 0.05) is 28.2 Å². The van der Waals surface area contributed by atoms with Gasteiger partial charge in [0.2, 0.25) is 5.91 Å². The van der Waals surface area contributed by atoms with Crippen molar-refractivity contribution in [1.29, 1.82) is 0 Å². The molecule has 2 fully saturated rings. The summed E-state index contributed by atoms with van der Waals surface area (Å²) in [7, 11) is 8.47. The average Bonchev–Trinajstić information content (AvgIpc) is 3.12. The van der Waals surface area contributed by atoms with E-state index < -0.39 is 6.10 Å². The first-order valence-electron chi connectivity index (χ1n) is 18.5. The maximum Gasteiger partial charge on any atom is 0.260 e. The lowest BCUT2D eigenvalue weighted by Crippen LogP contribution is -2.53. The molecule has 5 rings (SSSR count). The molecule has 2 saturated carbocycles. The second kappa shape index (κ2) is 19.8. The number of benzene rings is 3. The molecule has 0 spiro atoms. The lowest BCUT2D eigenvalue weighted by Gasteiger charge is -2.45. The number of carbonyl (C=O) groups is 2. The number of amides is 2. The Morgan fingerprint density at radius 2 is 1.33 bits per heavy atom. The second-order valence-electron chi connectivity index (χ2n) is 14.9. The summed E-state index contributed by atoms with van der Waals surface area (Å²) in [5, 5.41) is 7.08. The summed E-state index contributed by atoms with van der Waals surface area (Å²) in [6, 6.07) is 25.1. The van der Waals surface area contributed by atoms with Gasteiger partial charge in [0.1, 0.15) is 11.6 Å². The van der Waals surface area contributed by atoms with Crippen molar-refractivity contribution < 1.29 is 18.7 Å². The van der Waals surface area contributed by atoms with Crippen molar-refractivity contribution >= 4 is 35.2 Å². The van der Waals surface area contributed by atoms with Crippen LogP contribution in [0.2, 0.25) is 5.02 Å². The fourth-order valence-electron chi connectivity index (χ4n) is 7.62. The molecule has 2 N–H and O–H groups in total. The Morgan fingerprint density at radius 3 is 1.87 bits per heavy atom. The lowest BCUT2D eigenvalue weighted by atomic mass is 9.74. The van der Waals surface area contributed by atoms with Crippen LogP contribution in [0.15, 0.2) is 78.9 Å². The smallest absolute Gasteiger partial charge is 0.260 e. The number of halogens is 2. The summed E-state index contributed by atoms with van der Waals surface area (Å²) in [6.45, 7) is 1.80. The van der Waals surface area contributed by atoms with E-state index in [1.165, 1.54) is 11.6 Å². The van der Waals surface area contributed by atoms with Gasteiger partial charge in [-0.15, -0.1) is 0 Å². The third-order valence-corrected chi connectivity index (χ3v) is 11.9. The van der Waals surface area contributed by atoms with E-state index in [-0.39, 0.29) is 40.8 Å². The van der Waals surface area contributed by atoms with Gasteiger partial charge in [0.25, 0.3) is 5.91 Å². The highest BCUT2D eigenvalue weighted by atomic mass is 35.5. The van der Waals surface area contributed by atoms with Crippen molar-refractivity contribution in [3.05, 3.63) is 101 Å². The number of rotatable bonds is 13. The van der Waals surface area contributed by atoms with Crippen LogP contribution in [0.25, 0.3) is 0 Å². The number of nitrogens with zero attached hydrogens (tertiary/aromatic N) is 2. The summed E-state index contributed by atoms with van der Waals surface area (Å²) >= 11 is 7.58. The van der Waals surface area contributed by atoms with Gasteiger partial charge in [0.05, 0.1) is 5.75 Å². The summed E-state index contributed by atoms with van der Waals surface area (Å²) < 4.78 is 19.8. The zero-order valence-corrected chi connectivity index (χ0v) is 33.4. The molecule has 0 radical (unpaired) electrons. The Morgan fingerprint density at radius 1 is 0.808 bits per heavy atom. The van der Waals surface area contributed by atoms with Crippen molar-refractivity contribution in [2.45, 2.75) is 100 Å². The zero-order valence-electron chi connectivity index (χ0n) is 31.8.